The topological polar surface area (TPSA) is 29.4 Å². The van der Waals surface area contributed by atoms with E-state index in [2.05, 4.69) is 17.1 Å². The molecule has 0 saturated heterocycles. The quantitative estimate of drug-likeness (QED) is 0.569. The maximum Gasteiger partial charge on any atom is 0.207 e. The van der Waals surface area contributed by atoms with Crippen molar-refractivity contribution in [1.29, 1.82) is 0 Å². The van der Waals surface area contributed by atoms with E-state index in [9.17, 15) is 4.79 Å². The van der Waals surface area contributed by atoms with E-state index in [1.807, 2.05) is 48.5 Å². The summed E-state index contributed by atoms with van der Waals surface area (Å²) in [6, 6.07) is 15.1. The normalized spacial score (nSPS) is 22.0. The minimum Gasteiger partial charge on any atom is -0.287 e. The van der Waals surface area contributed by atoms with E-state index < -0.39 is 0 Å². The largest absolute Gasteiger partial charge is 0.287 e. The maximum atomic E-state index is 12.8. The third-order valence-electron chi connectivity index (χ3n) is 4.38. The third-order valence-corrected chi connectivity index (χ3v) is 4.61. The van der Waals surface area contributed by atoms with Crippen molar-refractivity contribution in [3.05, 3.63) is 76.8 Å². The second-order valence-corrected chi connectivity index (χ2v) is 6.13. The van der Waals surface area contributed by atoms with Crippen LogP contribution in [0, 0.1) is 5.92 Å². The number of ketones is 1. The Labute approximate surface area is 134 Å². The second kappa shape index (κ2) is 5.22. The summed E-state index contributed by atoms with van der Waals surface area (Å²) >= 11 is 6.12. The second-order valence-electron chi connectivity index (χ2n) is 5.69. The number of hydrogen-bond donors (Lipinski definition) is 0. The smallest absolute Gasteiger partial charge is 0.207 e. The van der Waals surface area contributed by atoms with Gasteiger partial charge in [0.2, 0.25) is 5.78 Å². The number of benzene rings is 2. The van der Waals surface area contributed by atoms with Gasteiger partial charge in [-0.15, -0.1) is 0 Å². The summed E-state index contributed by atoms with van der Waals surface area (Å²) in [6.07, 6.45) is 5.17. The van der Waals surface area contributed by atoms with Crippen molar-refractivity contribution >= 4 is 28.8 Å². The van der Waals surface area contributed by atoms with Crippen LogP contribution in [0.25, 0.3) is 0 Å². The van der Waals surface area contributed by atoms with Crippen LogP contribution in [-0.2, 0) is 0 Å². The summed E-state index contributed by atoms with van der Waals surface area (Å²) < 4.78 is 0. The van der Waals surface area contributed by atoms with Gasteiger partial charge >= 0.3 is 0 Å². The van der Waals surface area contributed by atoms with Gasteiger partial charge in [0.05, 0.1) is 11.4 Å². The van der Waals surface area contributed by atoms with Gasteiger partial charge in [0.1, 0.15) is 0 Å². The zero-order valence-corrected chi connectivity index (χ0v) is 12.6. The Balaban J connectivity index is 1.83. The fourth-order valence-electron chi connectivity index (χ4n) is 3.32. The van der Waals surface area contributed by atoms with E-state index in [0.29, 0.717) is 16.3 Å². The molecule has 3 heteroatoms. The van der Waals surface area contributed by atoms with Gasteiger partial charge in [-0.2, -0.15) is 0 Å². The molecule has 1 aliphatic heterocycles. The fraction of sp³-hybridized carbons (Fsp3) is 0.158. The molecule has 4 rings (SSSR count). The van der Waals surface area contributed by atoms with Crippen molar-refractivity contribution in [2.75, 3.05) is 0 Å². The number of nitrogens with zero attached hydrogens (tertiary/aromatic N) is 1. The van der Waals surface area contributed by atoms with Crippen LogP contribution in [0.2, 0.25) is 5.02 Å². The molecule has 2 unspecified atom stereocenters. The Kier molecular flexibility index (Phi) is 3.20. The number of carbonyl (C=O) groups excluding carboxylic acids is 1. The van der Waals surface area contributed by atoms with Crippen LogP contribution in [0.1, 0.15) is 28.3 Å². The van der Waals surface area contributed by atoms with Gasteiger partial charge in [-0.25, -0.2) is 4.99 Å². The van der Waals surface area contributed by atoms with Crippen molar-refractivity contribution < 1.29 is 4.79 Å². The summed E-state index contributed by atoms with van der Waals surface area (Å²) in [5.74, 6) is 0.354. The van der Waals surface area contributed by atoms with Gasteiger partial charge in [-0.3, -0.25) is 4.79 Å². The minimum atomic E-state index is 0.0277. The van der Waals surface area contributed by atoms with Crippen molar-refractivity contribution in [3.63, 3.8) is 0 Å². The molecule has 0 aromatic heterocycles. The highest BCUT2D eigenvalue weighted by molar-refractivity contribution is 6.47. The molecule has 2 aliphatic rings. The summed E-state index contributed by atoms with van der Waals surface area (Å²) in [6.45, 7) is 0. The van der Waals surface area contributed by atoms with Crippen LogP contribution in [0.15, 0.2) is 65.7 Å². The zero-order valence-electron chi connectivity index (χ0n) is 11.9. The van der Waals surface area contributed by atoms with E-state index in [1.54, 1.807) is 0 Å². The highest BCUT2D eigenvalue weighted by Gasteiger charge is 2.37. The standard InChI is InChI=1S/C19H14ClNO/c20-13-9-10-17-16(11-13)14-7-4-8-15(14)18(21-17)19(22)12-5-2-1-3-6-12/h1-7,9-11,14-15H,8H2. The maximum absolute atomic E-state index is 12.8. The Morgan fingerprint density at radius 2 is 1.95 bits per heavy atom. The first-order valence-corrected chi connectivity index (χ1v) is 7.76. The molecule has 22 heavy (non-hydrogen) atoms. The van der Waals surface area contributed by atoms with Crippen LogP contribution >= 0.6 is 11.6 Å². The van der Waals surface area contributed by atoms with E-state index in [0.717, 1.165) is 17.7 Å². The fourth-order valence-corrected chi connectivity index (χ4v) is 3.50. The molecule has 0 fully saturated rings. The van der Waals surface area contributed by atoms with Crippen molar-refractivity contribution in [2.24, 2.45) is 10.9 Å². The zero-order chi connectivity index (χ0) is 15.1. The van der Waals surface area contributed by atoms with Crippen molar-refractivity contribution in [1.82, 2.24) is 0 Å². The Morgan fingerprint density at radius 1 is 1.14 bits per heavy atom. The van der Waals surface area contributed by atoms with E-state index in [-0.39, 0.29) is 17.6 Å². The number of fused-ring (bicyclic) bond motifs is 3. The van der Waals surface area contributed by atoms with Crippen molar-refractivity contribution in [3.8, 4) is 0 Å². The number of aliphatic imine (C=N–C) groups is 1. The highest BCUT2D eigenvalue weighted by atomic mass is 35.5. The highest BCUT2D eigenvalue weighted by Crippen LogP contribution is 2.45. The van der Waals surface area contributed by atoms with Gasteiger partial charge in [-0.05, 0) is 30.2 Å². The first kappa shape index (κ1) is 13.5. The lowest BCUT2D eigenvalue weighted by molar-refractivity contribution is 0.106. The number of rotatable bonds is 2. The summed E-state index contributed by atoms with van der Waals surface area (Å²) in [7, 11) is 0. The molecule has 0 saturated carbocycles. The molecular weight excluding hydrogens is 294 g/mol. The minimum absolute atomic E-state index is 0.0277. The number of Topliss-reactive ketones (excluding diaryl/α,β-unsaturated/α-hetero) is 1. The molecule has 1 heterocycles. The Bertz CT molecular complexity index is 807. The number of allylic oxidation sites excluding steroid dienone is 2. The number of halogens is 1. The third kappa shape index (κ3) is 2.11. The molecule has 2 nitrogen and oxygen atoms in total. The van der Waals surface area contributed by atoms with Gasteiger partial charge in [0, 0.05) is 22.4 Å². The molecular formula is C19H14ClNO. The molecule has 0 N–H and O–H groups in total. The lowest BCUT2D eigenvalue weighted by Crippen LogP contribution is -2.29. The average Bonchev–Trinajstić information content (AvgIpc) is 3.04. The van der Waals surface area contributed by atoms with Gasteiger partial charge in [0.15, 0.2) is 0 Å². The van der Waals surface area contributed by atoms with Crippen LogP contribution < -0.4 is 0 Å². The van der Waals surface area contributed by atoms with Crippen LogP contribution in [0.5, 0.6) is 0 Å². The van der Waals surface area contributed by atoms with Crippen LogP contribution in [0.4, 0.5) is 5.69 Å². The SMILES string of the molecule is O=C(C1=Nc2ccc(Cl)cc2C2C=CCC12)c1ccccc1. The van der Waals surface area contributed by atoms with E-state index in [1.165, 1.54) is 0 Å². The predicted octanol–water partition coefficient (Wildman–Crippen LogP) is 4.97. The molecule has 0 radical (unpaired) electrons. The summed E-state index contributed by atoms with van der Waals surface area (Å²) in [5, 5.41) is 0.714. The van der Waals surface area contributed by atoms with Gasteiger partial charge in [-0.1, -0.05) is 54.1 Å². The monoisotopic (exact) mass is 307 g/mol. The molecule has 2 aromatic rings. The van der Waals surface area contributed by atoms with Crippen LogP contribution in [-0.4, -0.2) is 11.5 Å². The predicted molar refractivity (Wildman–Crippen MR) is 89.3 cm³/mol. The lowest BCUT2D eigenvalue weighted by atomic mass is 9.80. The molecule has 1 aliphatic carbocycles. The van der Waals surface area contributed by atoms with Crippen LogP contribution in [0.3, 0.4) is 0 Å². The van der Waals surface area contributed by atoms with Crippen molar-refractivity contribution in [2.45, 2.75) is 12.3 Å². The Morgan fingerprint density at radius 3 is 2.77 bits per heavy atom. The number of hydrogen-bond acceptors (Lipinski definition) is 2. The Hall–Kier alpha value is -2.19. The molecule has 2 aromatic carbocycles. The lowest BCUT2D eigenvalue weighted by Gasteiger charge is -2.27. The van der Waals surface area contributed by atoms with Gasteiger partial charge in [0.25, 0.3) is 0 Å². The summed E-state index contributed by atoms with van der Waals surface area (Å²) in [4.78, 5) is 17.5. The molecule has 108 valence electrons. The first-order valence-electron chi connectivity index (χ1n) is 7.38. The molecule has 0 bridgehead atoms. The molecule has 0 amide bonds. The average molecular weight is 308 g/mol. The van der Waals surface area contributed by atoms with E-state index >= 15 is 0 Å². The molecule has 2 atom stereocenters. The molecule has 0 spiro atoms. The number of carbonyl (C=O) groups is 1. The van der Waals surface area contributed by atoms with Gasteiger partial charge < -0.3 is 0 Å². The van der Waals surface area contributed by atoms with E-state index in [4.69, 9.17) is 11.6 Å². The summed E-state index contributed by atoms with van der Waals surface area (Å²) in [5.41, 5.74) is 3.34. The first-order chi connectivity index (χ1) is 10.7.